The second-order valence-electron chi connectivity index (χ2n) is 7.94. The Kier molecular flexibility index (Phi) is 4.28. The van der Waals surface area contributed by atoms with Gasteiger partial charge in [0.2, 0.25) is 5.91 Å². The Labute approximate surface area is 169 Å². The second-order valence-corrected chi connectivity index (χ2v) is 7.94. The van der Waals surface area contributed by atoms with Crippen LogP contribution in [0.3, 0.4) is 0 Å². The van der Waals surface area contributed by atoms with E-state index in [4.69, 9.17) is 9.47 Å². The highest BCUT2D eigenvalue weighted by atomic mass is 16.6. The fourth-order valence-corrected chi connectivity index (χ4v) is 4.72. The number of hydrogen-bond donors (Lipinski definition) is 0. The average molecular weight is 389 g/mol. The molecule has 2 aromatic carbocycles. The minimum Gasteiger partial charge on any atom is -0.460 e. The molecular weight excluding hydrogens is 366 g/mol. The molecule has 29 heavy (non-hydrogen) atoms. The van der Waals surface area contributed by atoms with Gasteiger partial charge < -0.3 is 14.4 Å². The third kappa shape index (κ3) is 2.88. The van der Waals surface area contributed by atoms with E-state index in [1.807, 2.05) is 66.7 Å². The fraction of sp³-hybridized carbons (Fsp3) is 0.333. The Morgan fingerprint density at radius 3 is 2.62 bits per heavy atom. The quantitative estimate of drug-likeness (QED) is 0.582. The van der Waals surface area contributed by atoms with Crippen LogP contribution in [0.1, 0.15) is 18.1 Å². The number of amides is 1. The summed E-state index contributed by atoms with van der Waals surface area (Å²) in [5.74, 6) is -1.57. The van der Waals surface area contributed by atoms with Crippen LogP contribution >= 0.6 is 0 Å². The van der Waals surface area contributed by atoms with E-state index in [2.05, 4.69) is 6.92 Å². The number of esters is 1. The number of benzene rings is 2. The van der Waals surface area contributed by atoms with E-state index in [9.17, 15) is 9.59 Å². The molecular formula is C24H23NO4. The Bertz CT molecular complexity index is 968. The number of rotatable bonds is 5. The van der Waals surface area contributed by atoms with Gasteiger partial charge in [-0.25, -0.2) is 0 Å². The SMILES string of the molecule is CCc1ccc(N2C[C@@]34C=C[C@@H](O3)[C@@H](C(=O)OCc3ccccc3)[C@@H]4C2=O)cc1. The molecule has 0 unspecified atom stereocenters. The van der Waals surface area contributed by atoms with Gasteiger partial charge in [0.1, 0.15) is 18.1 Å². The number of carbonyl (C=O) groups excluding carboxylic acids is 2. The van der Waals surface area contributed by atoms with Crippen molar-refractivity contribution in [2.24, 2.45) is 11.8 Å². The molecule has 4 atom stereocenters. The van der Waals surface area contributed by atoms with Crippen molar-refractivity contribution >= 4 is 17.6 Å². The van der Waals surface area contributed by atoms with Crippen molar-refractivity contribution in [3.8, 4) is 0 Å². The molecule has 5 nitrogen and oxygen atoms in total. The molecule has 148 valence electrons. The zero-order valence-corrected chi connectivity index (χ0v) is 16.3. The molecule has 2 bridgehead atoms. The van der Waals surface area contributed by atoms with Gasteiger partial charge in [-0.1, -0.05) is 61.5 Å². The number of carbonyl (C=O) groups is 2. The lowest BCUT2D eigenvalue weighted by atomic mass is 9.77. The maximum Gasteiger partial charge on any atom is 0.313 e. The van der Waals surface area contributed by atoms with Crippen molar-refractivity contribution in [1.29, 1.82) is 0 Å². The first-order valence-electron chi connectivity index (χ1n) is 10.1. The molecule has 2 saturated heterocycles. The zero-order chi connectivity index (χ0) is 20.0. The fourth-order valence-electron chi connectivity index (χ4n) is 4.72. The first-order valence-corrected chi connectivity index (χ1v) is 10.1. The van der Waals surface area contributed by atoms with E-state index >= 15 is 0 Å². The minimum absolute atomic E-state index is 0.0669. The van der Waals surface area contributed by atoms with Gasteiger partial charge in [-0.2, -0.15) is 0 Å². The summed E-state index contributed by atoms with van der Waals surface area (Å²) < 4.78 is 11.7. The van der Waals surface area contributed by atoms with Gasteiger partial charge in [-0.3, -0.25) is 9.59 Å². The predicted molar refractivity (Wildman–Crippen MR) is 108 cm³/mol. The third-order valence-corrected chi connectivity index (χ3v) is 6.25. The Hall–Kier alpha value is -2.92. The molecule has 1 spiro atoms. The van der Waals surface area contributed by atoms with Gasteiger partial charge in [0, 0.05) is 5.69 Å². The lowest BCUT2D eigenvalue weighted by Crippen LogP contribution is -2.40. The molecule has 5 heteroatoms. The largest absolute Gasteiger partial charge is 0.460 e. The third-order valence-electron chi connectivity index (χ3n) is 6.25. The summed E-state index contributed by atoms with van der Waals surface area (Å²) in [5, 5.41) is 0. The highest BCUT2D eigenvalue weighted by Gasteiger charge is 2.67. The van der Waals surface area contributed by atoms with Crippen LogP contribution in [0.25, 0.3) is 0 Å². The van der Waals surface area contributed by atoms with Crippen molar-refractivity contribution < 1.29 is 19.1 Å². The molecule has 2 fully saturated rings. The van der Waals surface area contributed by atoms with Gasteiger partial charge in [0.05, 0.1) is 18.6 Å². The highest BCUT2D eigenvalue weighted by Crippen LogP contribution is 2.52. The standard InChI is InChI=1S/C24H23NO4/c1-2-16-8-10-18(11-9-16)25-15-24-13-12-19(29-24)20(21(24)22(25)26)23(27)28-14-17-6-4-3-5-7-17/h3-13,19-21H,2,14-15H2,1H3/t19-,20-,21-,24-/m1/s1. The van der Waals surface area contributed by atoms with E-state index in [0.717, 1.165) is 17.7 Å². The van der Waals surface area contributed by atoms with E-state index < -0.39 is 23.5 Å². The van der Waals surface area contributed by atoms with Crippen LogP contribution in [0.4, 0.5) is 5.69 Å². The molecule has 3 aliphatic rings. The summed E-state index contributed by atoms with van der Waals surface area (Å²) in [4.78, 5) is 28.0. The van der Waals surface area contributed by atoms with Crippen LogP contribution < -0.4 is 4.90 Å². The average Bonchev–Trinajstić information content (AvgIpc) is 3.41. The van der Waals surface area contributed by atoms with Gasteiger partial charge in [0.15, 0.2) is 0 Å². The lowest BCUT2D eigenvalue weighted by molar-refractivity contribution is -0.153. The van der Waals surface area contributed by atoms with E-state index in [0.29, 0.717) is 6.54 Å². The van der Waals surface area contributed by atoms with Crippen LogP contribution in [-0.2, 0) is 32.1 Å². The van der Waals surface area contributed by atoms with Crippen LogP contribution in [0.15, 0.2) is 66.7 Å². The van der Waals surface area contributed by atoms with Crippen LogP contribution in [0.5, 0.6) is 0 Å². The number of aryl methyl sites for hydroxylation is 1. The molecule has 5 rings (SSSR count). The maximum absolute atomic E-state index is 13.3. The lowest BCUT2D eigenvalue weighted by Gasteiger charge is -2.22. The van der Waals surface area contributed by atoms with Gasteiger partial charge in [0.25, 0.3) is 0 Å². The number of nitrogens with zero attached hydrogens (tertiary/aromatic N) is 1. The molecule has 3 aliphatic heterocycles. The maximum atomic E-state index is 13.3. The van der Waals surface area contributed by atoms with Crippen molar-refractivity contribution in [3.05, 3.63) is 77.9 Å². The number of fused-ring (bicyclic) bond motifs is 1. The Morgan fingerprint density at radius 2 is 1.90 bits per heavy atom. The molecule has 0 radical (unpaired) electrons. The van der Waals surface area contributed by atoms with Crippen molar-refractivity contribution in [1.82, 2.24) is 0 Å². The van der Waals surface area contributed by atoms with Crippen molar-refractivity contribution in [2.75, 3.05) is 11.4 Å². The Balaban J connectivity index is 1.37. The van der Waals surface area contributed by atoms with Crippen LogP contribution in [0.2, 0.25) is 0 Å². The summed E-state index contributed by atoms with van der Waals surface area (Å²) in [7, 11) is 0. The van der Waals surface area contributed by atoms with Gasteiger partial charge >= 0.3 is 5.97 Å². The minimum atomic E-state index is -0.735. The molecule has 0 N–H and O–H groups in total. The van der Waals surface area contributed by atoms with E-state index in [1.54, 1.807) is 4.90 Å². The Morgan fingerprint density at radius 1 is 1.14 bits per heavy atom. The molecule has 1 amide bonds. The van der Waals surface area contributed by atoms with Crippen molar-refractivity contribution in [2.45, 2.75) is 31.7 Å². The summed E-state index contributed by atoms with van der Waals surface area (Å²) >= 11 is 0. The zero-order valence-electron chi connectivity index (χ0n) is 16.3. The van der Waals surface area contributed by atoms with E-state index in [1.165, 1.54) is 5.56 Å². The highest BCUT2D eigenvalue weighted by molar-refractivity contribution is 6.02. The number of hydrogen-bond acceptors (Lipinski definition) is 4. The molecule has 0 aliphatic carbocycles. The first kappa shape index (κ1) is 18.1. The normalized spacial score (nSPS) is 29.3. The van der Waals surface area contributed by atoms with Gasteiger partial charge in [-0.15, -0.1) is 0 Å². The number of anilines is 1. The monoisotopic (exact) mass is 389 g/mol. The van der Waals surface area contributed by atoms with Gasteiger partial charge in [-0.05, 0) is 29.7 Å². The summed E-state index contributed by atoms with van der Waals surface area (Å²) in [6.45, 7) is 2.72. The topological polar surface area (TPSA) is 55.8 Å². The number of ether oxygens (including phenoxy) is 2. The second kappa shape index (κ2) is 6.85. The molecule has 0 saturated carbocycles. The summed E-state index contributed by atoms with van der Waals surface area (Å²) in [5.41, 5.74) is 2.25. The van der Waals surface area contributed by atoms with Crippen molar-refractivity contribution in [3.63, 3.8) is 0 Å². The van der Waals surface area contributed by atoms with E-state index in [-0.39, 0.29) is 18.5 Å². The molecule has 0 aromatic heterocycles. The summed E-state index contributed by atoms with van der Waals surface area (Å²) in [6.07, 6.45) is 4.42. The predicted octanol–water partition coefficient (Wildman–Crippen LogP) is 3.28. The first-order chi connectivity index (χ1) is 14.1. The van der Waals surface area contributed by atoms with Crippen LogP contribution in [0, 0.1) is 11.8 Å². The molecule has 3 heterocycles. The smallest absolute Gasteiger partial charge is 0.313 e. The summed E-state index contributed by atoms with van der Waals surface area (Å²) in [6, 6.07) is 17.6. The van der Waals surface area contributed by atoms with Crippen LogP contribution in [-0.4, -0.2) is 30.1 Å². The molecule has 2 aromatic rings.